The summed E-state index contributed by atoms with van der Waals surface area (Å²) in [5.41, 5.74) is 0.390. The van der Waals surface area contributed by atoms with Crippen molar-refractivity contribution in [3.63, 3.8) is 0 Å². The first-order valence-corrected chi connectivity index (χ1v) is 6.89. The van der Waals surface area contributed by atoms with E-state index in [9.17, 15) is 4.79 Å². The van der Waals surface area contributed by atoms with E-state index in [-0.39, 0.29) is 5.91 Å². The van der Waals surface area contributed by atoms with Gasteiger partial charge in [-0.25, -0.2) is 0 Å². The van der Waals surface area contributed by atoms with Crippen LogP contribution < -0.4 is 0 Å². The lowest BCUT2D eigenvalue weighted by atomic mass is 10.3. The van der Waals surface area contributed by atoms with Gasteiger partial charge in [-0.2, -0.15) is 0 Å². The Labute approximate surface area is 115 Å². The topological polar surface area (TPSA) is 33.2 Å². The summed E-state index contributed by atoms with van der Waals surface area (Å²) in [7, 11) is 0. The number of halogens is 1. The van der Waals surface area contributed by atoms with Crippen LogP contribution in [0.15, 0.2) is 35.8 Å². The number of carbonyl (C=O) groups is 1. The van der Waals surface area contributed by atoms with Gasteiger partial charge in [-0.3, -0.25) is 9.78 Å². The second-order valence-corrected chi connectivity index (χ2v) is 5.23. The number of aromatic nitrogens is 1. The van der Waals surface area contributed by atoms with Crippen LogP contribution in [-0.2, 0) is 6.54 Å². The number of hydrogen-bond donors (Lipinski definition) is 0. The predicted molar refractivity (Wildman–Crippen MR) is 74.0 cm³/mol. The summed E-state index contributed by atoms with van der Waals surface area (Å²) < 4.78 is 0. The van der Waals surface area contributed by atoms with Crippen LogP contribution in [-0.4, -0.2) is 22.3 Å². The fourth-order valence-electron chi connectivity index (χ4n) is 1.60. The summed E-state index contributed by atoms with van der Waals surface area (Å²) in [6, 6.07) is 7.26. The molecule has 0 N–H and O–H groups in total. The van der Waals surface area contributed by atoms with E-state index in [1.54, 1.807) is 34.6 Å². The molecule has 2 aromatic rings. The lowest BCUT2D eigenvalue weighted by molar-refractivity contribution is 0.0748. The Morgan fingerprint density at radius 1 is 1.50 bits per heavy atom. The minimum atomic E-state index is -0.0894. The van der Waals surface area contributed by atoms with Crippen molar-refractivity contribution in [1.82, 2.24) is 9.88 Å². The van der Waals surface area contributed by atoms with Crippen molar-refractivity contribution in [1.29, 1.82) is 0 Å². The molecule has 0 saturated heterocycles. The van der Waals surface area contributed by atoms with Crippen LogP contribution >= 0.6 is 22.9 Å². The molecule has 2 heterocycles. The second kappa shape index (κ2) is 5.98. The molecule has 2 aromatic heterocycles. The maximum absolute atomic E-state index is 12.3. The fourth-order valence-corrected chi connectivity index (χ4v) is 2.48. The Morgan fingerprint density at radius 3 is 2.94 bits per heavy atom. The molecule has 3 nitrogen and oxygen atoms in total. The van der Waals surface area contributed by atoms with Crippen LogP contribution in [0.4, 0.5) is 0 Å². The van der Waals surface area contributed by atoms with Gasteiger partial charge in [0.15, 0.2) is 0 Å². The summed E-state index contributed by atoms with van der Waals surface area (Å²) in [5.74, 6) is -0.0894. The maximum Gasteiger partial charge on any atom is 0.272 e. The van der Waals surface area contributed by atoms with E-state index in [1.807, 2.05) is 24.4 Å². The van der Waals surface area contributed by atoms with E-state index in [1.165, 1.54) is 0 Å². The standard InChI is InChI=1S/C13H13ClN2OS/c1-2-16(9-11-4-3-7-18-11)13(17)12-8-10(14)5-6-15-12/h3-8H,2,9H2,1H3. The molecule has 1 amide bonds. The molecule has 0 spiro atoms. The number of rotatable bonds is 4. The Morgan fingerprint density at radius 2 is 2.33 bits per heavy atom. The first-order valence-electron chi connectivity index (χ1n) is 5.64. The number of pyridine rings is 1. The third-order valence-corrected chi connectivity index (χ3v) is 3.63. The highest BCUT2D eigenvalue weighted by molar-refractivity contribution is 7.09. The first kappa shape index (κ1) is 13.1. The van der Waals surface area contributed by atoms with Gasteiger partial charge in [0, 0.05) is 22.6 Å². The van der Waals surface area contributed by atoms with Crippen molar-refractivity contribution < 1.29 is 4.79 Å². The van der Waals surface area contributed by atoms with E-state index < -0.39 is 0 Å². The van der Waals surface area contributed by atoms with Crippen molar-refractivity contribution in [3.05, 3.63) is 51.4 Å². The summed E-state index contributed by atoms with van der Waals surface area (Å²) in [6.07, 6.45) is 1.55. The number of carbonyl (C=O) groups excluding carboxylic acids is 1. The van der Waals surface area contributed by atoms with Gasteiger partial charge in [-0.1, -0.05) is 17.7 Å². The van der Waals surface area contributed by atoms with Crippen LogP contribution in [0.2, 0.25) is 5.02 Å². The monoisotopic (exact) mass is 280 g/mol. The van der Waals surface area contributed by atoms with Crippen LogP contribution in [0.5, 0.6) is 0 Å². The van der Waals surface area contributed by atoms with Crippen molar-refractivity contribution in [3.8, 4) is 0 Å². The van der Waals surface area contributed by atoms with Crippen molar-refractivity contribution in [2.45, 2.75) is 13.5 Å². The molecule has 0 saturated carbocycles. The molecule has 0 bridgehead atoms. The molecule has 0 fully saturated rings. The van der Waals surface area contributed by atoms with E-state index in [0.717, 1.165) is 4.88 Å². The van der Waals surface area contributed by atoms with Crippen molar-refractivity contribution in [2.24, 2.45) is 0 Å². The van der Waals surface area contributed by atoms with Crippen LogP contribution in [0.25, 0.3) is 0 Å². The molecule has 18 heavy (non-hydrogen) atoms. The number of amides is 1. The summed E-state index contributed by atoms with van der Waals surface area (Å²) in [4.78, 5) is 19.2. The SMILES string of the molecule is CCN(Cc1cccs1)C(=O)c1cc(Cl)ccn1. The fraction of sp³-hybridized carbons (Fsp3) is 0.231. The minimum Gasteiger partial charge on any atom is -0.332 e. The van der Waals surface area contributed by atoms with Crippen molar-refractivity contribution in [2.75, 3.05) is 6.54 Å². The van der Waals surface area contributed by atoms with E-state index in [4.69, 9.17) is 11.6 Å². The first-order chi connectivity index (χ1) is 8.70. The van der Waals surface area contributed by atoms with Crippen LogP contribution in [0.3, 0.4) is 0 Å². The molecule has 0 aromatic carbocycles. The molecular formula is C13H13ClN2OS. The third kappa shape index (κ3) is 3.09. The molecule has 0 radical (unpaired) electrons. The highest BCUT2D eigenvalue weighted by Crippen LogP contribution is 2.15. The highest BCUT2D eigenvalue weighted by atomic mass is 35.5. The zero-order valence-corrected chi connectivity index (χ0v) is 11.5. The van der Waals surface area contributed by atoms with Gasteiger partial charge in [0.05, 0.1) is 6.54 Å². The van der Waals surface area contributed by atoms with Gasteiger partial charge in [-0.05, 0) is 30.5 Å². The molecule has 0 atom stereocenters. The van der Waals surface area contributed by atoms with Gasteiger partial charge < -0.3 is 4.90 Å². The normalized spacial score (nSPS) is 10.3. The molecule has 0 aliphatic heterocycles. The largest absolute Gasteiger partial charge is 0.332 e. The van der Waals surface area contributed by atoms with E-state index in [2.05, 4.69) is 4.98 Å². The molecular weight excluding hydrogens is 268 g/mol. The Hall–Kier alpha value is -1.39. The molecule has 5 heteroatoms. The molecule has 0 aliphatic rings. The Kier molecular flexibility index (Phi) is 4.33. The predicted octanol–water partition coefficient (Wildman–Crippen LogP) is 3.46. The zero-order chi connectivity index (χ0) is 13.0. The molecule has 0 aliphatic carbocycles. The van der Waals surface area contributed by atoms with Crippen LogP contribution in [0, 0.1) is 0 Å². The van der Waals surface area contributed by atoms with E-state index >= 15 is 0 Å². The minimum absolute atomic E-state index is 0.0894. The van der Waals surface area contributed by atoms with Gasteiger partial charge >= 0.3 is 0 Å². The average molecular weight is 281 g/mol. The van der Waals surface area contributed by atoms with Gasteiger partial charge in [0.2, 0.25) is 0 Å². The third-order valence-electron chi connectivity index (χ3n) is 2.54. The lowest BCUT2D eigenvalue weighted by Gasteiger charge is -2.19. The van der Waals surface area contributed by atoms with Crippen LogP contribution in [0.1, 0.15) is 22.3 Å². The smallest absolute Gasteiger partial charge is 0.272 e. The summed E-state index contributed by atoms with van der Waals surface area (Å²) in [5, 5.41) is 2.53. The van der Waals surface area contributed by atoms with Crippen molar-refractivity contribution >= 4 is 28.8 Å². The van der Waals surface area contributed by atoms with Gasteiger partial charge in [-0.15, -0.1) is 11.3 Å². The lowest BCUT2D eigenvalue weighted by Crippen LogP contribution is -2.30. The highest BCUT2D eigenvalue weighted by Gasteiger charge is 2.16. The Balaban J connectivity index is 2.15. The quantitative estimate of drug-likeness (QED) is 0.859. The number of hydrogen-bond acceptors (Lipinski definition) is 3. The summed E-state index contributed by atoms with van der Waals surface area (Å²) >= 11 is 7.51. The average Bonchev–Trinajstić information content (AvgIpc) is 2.88. The summed E-state index contributed by atoms with van der Waals surface area (Å²) in [6.45, 7) is 3.21. The number of nitrogens with zero attached hydrogens (tertiary/aromatic N) is 2. The molecule has 2 rings (SSSR count). The molecule has 0 unspecified atom stereocenters. The molecule has 94 valence electrons. The van der Waals surface area contributed by atoms with Gasteiger partial charge in [0.25, 0.3) is 5.91 Å². The number of thiophene rings is 1. The zero-order valence-electron chi connectivity index (χ0n) is 9.97. The maximum atomic E-state index is 12.3. The van der Waals surface area contributed by atoms with E-state index in [0.29, 0.717) is 23.8 Å². The second-order valence-electron chi connectivity index (χ2n) is 3.76. The van der Waals surface area contributed by atoms with Gasteiger partial charge in [0.1, 0.15) is 5.69 Å². The Bertz CT molecular complexity index is 528.